The molecule has 0 saturated carbocycles. The summed E-state index contributed by atoms with van der Waals surface area (Å²) in [6.45, 7) is -0.469. The Kier molecular flexibility index (Phi) is 6.13. The summed E-state index contributed by atoms with van der Waals surface area (Å²) in [5.74, 6) is -0.0621. The number of benzene rings is 2. The predicted molar refractivity (Wildman–Crippen MR) is 104 cm³/mol. The first-order chi connectivity index (χ1) is 14.1. The van der Waals surface area contributed by atoms with Crippen LogP contribution in [0.25, 0.3) is 5.69 Å². The highest BCUT2D eigenvalue weighted by atomic mass is 16.5. The van der Waals surface area contributed by atoms with Gasteiger partial charge in [-0.05, 0) is 24.3 Å². The summed E-state index contributed by atoms with van der Waals surface area (Å²) in [5.41, 5.74) is 1.01. The molecule has 0 radical (unpaired) electrons. The number of carbonyl (C=O) groups is 2. The predicted octanol–water partition coefficient (Wildman–Crippen LogP) is 2.94. The lowest BCUT2D eigenvalue weighted by molar-refractivity contribution is 0.0464. The van der Waals surface area contributed by atoms with Gasteiger partial charge in [0.15, 0.2) is 12.4 Å². The van der Waals surface area contributed by atoms with E-state index in [1.54, 1.807) is 24.4 Å². The quantitative estimate of drug-likeness (QED) is 0.427. The average Bonchev–Trinajstić information content (AvgIpc) is 3.22. The molecule has 8 heteroatoms. The molecule has 3 aromatic rings. The Hall–Kier alpha value is -3.81. The van der Waals surface area contributed by atoms with Crippen LogP contribution in [0.15, 0.2) is 54.7 Å². The van der Waals surface area contributed by atoms with Gasteiger partial charge in [-0.3, -0.25) is 4.79 Å². The van der Waals surface area contributed by atoms with Crippen molar-refractivity contribution in [3.8, 4) is 22.9 Å². The minimum atomic E-state index is -0.766. The zero-order valence-electron chi connectivity index (χ0n) is 16.2. The van der Waals surface area contributed by atoms with Gasteiger partial charge in [0.25, 0.3) is 0 Å². The summed E-state index contributed by atoms with van der Waals surface area (Å²) in [6.07, 6.45) is 1.57. The van der Waals surface area contributed by atoms with Crippen molar-refractivity contribution >= 4 is 11.8 Å². The van der Waals surface area contributed by atoms with Crippen LogP contribution in [0.2, 0.25) is 0 Å². The van der Waals surface area contributed by atoms with Crippen LogP contribution in [0, 0.1) is 0 Å². The van der Waals surface area contributed by atoms with Crippen molar-refractivity contribution in [3.05, 3.63) is 66.0 Å². The van der Waals surface area contributed by atoms with E-state index in [1.165, 1.54) is 26.0 Å². The summed E-state index contributed by atoms with van der Waals surface area (Å²) in [6, 6.07) is 14.0. The lowest BCUT2D eigenvalue weighted by Gasteiger charge is -2.10. The number of carbonyl (C=O) groups excluding carboxylic acids is 2. The SMILES string of the molecule is COc1ccc(C(=O)COC(=O)c2nn(-c3ccccc3)cc2OC)c(OC)c1. The van der Waals surface area contributed by atoms with E-state index in [4.69, 9.17) is 18.9 Å². The summed E-state index contributed by atoms with van der Waals surface area (Å²) >= 11 is 0. The van der Waals surface area contributed by atoms with Crippen LogP contribution in [-0.2, 0) is 4.74 Å². The van der Waals surface area contributed by atoms with Gasteiger partial charge in [-0.15, -0.1) is 0 Å². The number of para-hydroxylation sites is 1. The molecular weight excluding hydrogens is 376 g/mol. The molecule has 1 heterocycles. The van der Waals surface area contributed by atoms with Crippen molar-refractivity contribution in [2.24, 2.45) is 0 Å². The maximum atomic E-state index is 12.5. The van der Waals surface area contributed by atoms with Crippen LogP contribution in [0.3, 0.4) is 0 Å². The first-order valence-corrected chi connectivity index (χ1v) is 8.68. The molecule has 0 aliphatic carbocycles. The number of Topliss-reactive ketones (excluding diaryl/α,β-unsaturated/α-hetero) is 1. The summed E-state index contributed by atoms with van der Waals surface area (Å²) < 4.78 is 22.2. The molecule has 0 atom stereocenters. The molecule has 8 nitrogen and oxygen atoms in total. The largest absolute Gasteiger partial charge is 0.497 e. The van der Waals surface area contributed by atoms with E-state index in [9.17, 15) is 9.59 Å². The lowest BCUT2D eigenvalue weighted by Crippen LogP contribution is -2.16. The minimum absolute atomic E-state index is 0.0224. The number of ketones is 1. The fraction of sp³-hybridized carbons (Fsp3) is 0.190. The van der Waals surface area contributed by atoms with Gasteiger partial charge in [0, 0.05) is 6.07 Å². The van der Waals surface area contributed by atoms with Crippen LogP contribution >= 0.6 is 0 Å². The number of aromatic nitrogens is 2. The average molecular weight is 396 g/mol. The van der Waals surface area contributed by atoms with Gasteiger partial charge in [-0.2, -0.15) is 5.10 Å². The Bertz CT molecular complexity index is 1010. The maximum absolute atomic E-state index is 12.5. The van der Waals surface area contributed by atoms with Crippen molar-refractivity contribution in [3.63, 3.8) is 0 Å². The second-order valence-electron chi connectivity index (χ2n) is 5.89. The van der Waals surface area contributed by atoms with E-state index < -0.39 is 18.4 Å². The molecule has 2 aromatic carbocycles. The van der Waals surface area contributed by atoms with Crippen LogP contribution in [-0.4, -0.2) is 49.5 Å². The second-order valence-corrected chi connectivity index (χ2v) is 5.89. The number of ether oxygens (including phenoxy) is 4. The van der Waals surface area contributed by atoms with E-state index in [0.717, 1.165) is 5.69 Å². The second kappa shape index (κ2) is 8.92. The van der Waals surface area contributed by atoms with Crippen LogP contribution in [0.5, 0.6) is 17.2 Å². The molecule has 0 bridgehead atoms. The van der Waals surface area contributed by atoms with Crippen LogP contribution < -0.4 is 14.2 Å². The number of esters is 1. The molecule has 150 valence electrons. The third kappa shape index (κ3) is 4.37. The molecule has 3 rings (SSSR count). The van der Waals surface area contributed by atoms with E-state index in [-0.39, 0.29) is 17.0 Å². The number of methoxy groups -OCH3 is 3. The highest BCUT2D eigenvalue weighted by Gasteiger charge is 2.22. The Labute approximate surface area is 167 Å². The first kappa shape index (κ1) is 19.9. The van der Waals surface area contributed by atoms with Crippen molar-refractivity contribution in [1.29, 1.82) is 0 Å². The highest BCUT2D eigenvalue weighted by molar-refractivity contribution is 6.01. The normalized spacial score (nSPS) is 10.3. The van der Waals surface area contributed by atoms with Gasteiger partial charge in [-0.25, -0.2) is 9.48 Å². The molecule has 1 aromatic heterocycles. The Morgan fingerprint density at radius 3 is 2.31 bits per heavy atom. The first-order valence-electron chi connectivity index (χ1n) is 8.68. The molecule has 0 N–H and O–H groups in total. The third-order valence-electron chi connectivity index (χ3n) is 4.16. The van der Waals surface area contributed by atoms with Gasteiger partial charge in [0.05, 0.1) is 38.8 Å². The summed E-state index contributed by atoms with van der Waals surface area (Å²) in [7, 11) is 4.38. The zero-order valence-corrected chi connectivity index (χ0v) is 16.2. The summed E-state index contributed by atoms with van der Waals surface area (Å²) in [5, 5.41) is 4.22. The van der Waals surface area contributed by atoms with Gasteiger partial charge in [0.1, 0.15) is 11.5 Å². The van der Waals surface area contributed by atoms with Gasteiger partial charge < -0.3 is 18.9 Å². The Morgan fingerprint density at radius 1 is 0.931 bits per heavy atom. The molecule has 0 fully saturated rings. The fourth-order valence-corrected chi connectivity index (χ4v) is 2.67. The van der Waals surface area contributed by atoms with Crippen molar-refractivity contribution in [2.45, 2.75) is 0 Å². The molecule has 29 heavy (non-hydrogen) atoms. The van der Waals surface area contributed by atoms with E-state index >= 15 is 0 Å². The molecule has 0 aliphatic rings. The highest BCUT2D eigenvalue weighted by Crippen LogP contribution is 2.25. The topological polar surface area (TPSA) is 88.9 Å². The van der Waals surface area contributed by atoms with E-state index in [1.807, 2.05) is 30.3 Å². The number of rotatable bonds is 8. The third-order valence-corrected chi connectivity index (χ3v) is 4.16. The van der Waals surface area contributed by atoms with Gasteiger partial charge >= 0.3 is 5.97 Å². The maximum Gasteiger partial charge on any atom is 0.363 e. The monoisotopic (exact) mass is 396 g/mol. The summed E-state index contributed by atoms with van der Waals surface area (Å²) in [4.78, 5) is 25.0. The molecule has 0 aliphatic heterocycles. The zero-order chi connectivity index (χ0) is 20.8. The van der Waals surface area contributed by atoms with Crippen LogP contribution in [0.4, 0.5) is 0 Å². The molecule has 0 spiro atoms. The van der Waals surface area contributed by atoms with Crippen LogP contribution in [0.1, 0.15) is 20.8 Å². The molecule has 0 saturated heterocycles. The van der Waals surface area contributed by atoms with Crippen molar-refractivity contribution in [2.75, 3.05) is 27.9 Å². The van der Waals surface area contributed by atoms with Gasteiger partial charge in [-0.1, -0.05) is 18.2 Å². The van der Waals surface area contributed by atoms with E-state index in [0.29, 0.717) is 11.5 Å². The minimum Gasteiger partial charge on any atom is -0.497 e. The molecule has 0 unspecified atom stereocenters. The molecule has 0 amide bonds. The van der Waals surface area contributed by atoms with E-state index in [2.05, 4.69) is 5.10 Å². The number of hydrogen-bond acceptors (Lipinski definition) is 7. The smallest absolute Gasteiger partial charge is 0.363 e. The van der Waals surface area contributed by atoms with Gasteiger partial charge in [0.2, 0.25) is 11.5 Å². The fourth-order valence-electron chi connectivity index (χ4n) is 2.67. The van der Waals surface area contributed by atoms with Crippen molar-refractivity contribution < 1.29 is 28.5 Å². The Balaban J connectivity index is 1.74. The standard InChI is InChI=1S/C21H20N2O6/c1-26-15-9-10-16(18(11-15)27-2)17(24)13-29-21(25)20-19(28-3)12-23(22-20)14-7-5-4-6-8-14/h4-12H,13H2,1-3H3. The molecular formula is C21H20N2O6. The number of nitrogens with zero attached hydrogens (tertiary/aromatic N) is 2. The van der Waals surface area contributed by atoms with Crippen molar-refractivity contribution in [1.82, 2.24) is 9.78 Å². The number of hydrogen-bond donors (Lipinski definition) is 0. The Morgan fingerprint density at radius 2 is 1.66 bits per heavy atom. The lowest BCUT2D eigenvalue weighted by atomic mass is 10.1.